The van der Waals surface area contributed by atoms with Crippen LogP contribution in [0.4, 0.5) is 4.79 Å². The molecule has 1 heterocycles. The predicted molar refractivity (Wildman–Crippen MR) is 45.9 cm³/mol. The molecule has 1 aliphatic carbocycles. The van der Waals surface area contributed by atoms with E-state index in [1.165, 1.54) is 0 Å². The molecule has 0 bridgehead atoms. The lowest BCUT2D eigenvalue weighted by molar-refractivity contribution is 0.0948. The van der Waals surface area contributed by atoms with Crippen molar-refractivity contribution in [2.75, 3.05) is 7.05 Å². The Kier molecular flexibility index (Phi) is 1.26. The highest BCUT2D eigenvalue weighted by Crippen LogP contribution is 2.44. The summed E-state index contributed by atoms with van der Waals surface area (Å²) < 4.78 is 0. The maximum Gasteiger partial charge on any atom is 0.345 e. The number of carbonyl (C=O) groups is 1. The number of amidine groups is 1. The zero-order valence-electron chi connectivity index (χ0n) is 7.37. The molecule has 4 nitrogen and oxygen atoms in total. The van der Waals surface area contributed by atoms with Crippen molar-refractivity contribution in [3.63, 3.8) is 0 Å². The molecular weight excluding hydrogens is 154 g/mol. The summed E-state index contributed by atoms with van der Waals surface area (Å²) in [5, 5.41) is 0. The highest BCUT2D eigenvalue weighted by molar-refractivity contribution is 6.06. The van der Waals surface area contributed by atoms with Gasteiger partial charge >= 0.3 is 6.03 Å². The molecule has 1 fully saturated rings. The molecule has 4 heteroatoms. The van der Waals surface area contributed by atoms with E-state index >= 15 is 0 Å². The Morgan fingerprint density at radius 3 is 2.58 bits per heavy atom. The molecule has 0 saturated heterocycles. The number of aliphatic imine (C=N–C) groups is 1. The fourth-order valence-electron chi connectivity index (χ4n) is 2.21. The quantitative estimate of drug-likeness (QED) is 0.573. The van der Waals surface area contributed by atoms with Crippen LogP contribution in [-0.2, 0) is 0 Å². The molecule has 2 N–H and O–H groups in total. The van der Waals surface area contributed by atoms with E-state index in [-0.39, 0.29) is 11.6 Å². The maximum absolute atomic E-state index is 11.2. The summed E-state index contributed by atoms with van der Waals surface area (Å²) in [6.45, 7) is 2.16. The van der Waals surface area contributed by atoms with E-state index in [0.29, 0.717) is 11.8 Å². The van der Waals surface area contributed by atoms with E-state index in [0.717, 1.165) is 12.8 Å². The summed E-state index contributed by atoms with van der Waals surface area (Å²) in [7, 11) is 1.78. The number of nitrogens with two attached hydrogens (primary N) is 1. The number of carbonyl (C=O) groups excluding carboxylic acids is 1. The van der Waals surface area contributed by atoms with Gasteiger partial charge in [-0.1, -0.05) is 6.92 Å². The molecule has 0 aromatic carbocycles. The average molecular weight is 167 g/mol. The summed E-state index contributed by atoms with van der Waals surface area (Å²) in [6.07, 6.45) is 1.93. The fraction of sp³-hybridized carbons (Fsp3) is 0.750. The van der Waals surface area contributed by atoms with Gasteiger partial charge in [-0.25, -0.2) is 4.79 Å². The van der Waals surface area contributed by atoms with Crippen molar-refractivity contribution >= 4 is 11.9 Å². The van der Waals surface area contributed by atoms with Crippen LogP contribution in [0.2, 0.25) is 0 Å². The van der Waals surface area contributed by atoms with Crippen LogP contribution in [0.25, 0.3) is 0 Å². The Labute approximate surface area is 71.4 Å². The van der Waals surface area contributed by atoms with Gasteiger partial charge in [-0.2, -0.15) is 4.99 Å². The summed E-state index contributed by atoms with van der Waals surface area (Å²) in [5.74, 6) is 1.17. The Hall–Kier alpha value is -1.06. The van der Waals surface area contributed by atoms with Gasteiger partial charge < -0.3 is 10.6 Å². The van der Waals surface area contributed by atoms with E-state index < -0.39 is 0 Å². The Balaban J connectivity index is 2.28. The molecule has 1 spiro atoms. The number of urea groups is 1. The Bertz CT molecular complexity index is 265. The number of hydrogen-bond acceptors (Lipinski definition) is 2. The first-order valence-corrected chi connectivity index (χ1v) is 4.19. The summed E-state index contributed by atoms with van der Waals surface area (Å²) in [5.41, 5.74) is 5.49. The molecule has 0 unspecified atom stereocenters. The topological polar surface area (TPSA) is 58.7 Å². The molecule has 0 aromatic rings. The zero-order chi connectivity index (χ0) is 8.93. The van der Waals surface area contributed by atoms with Gasteiger partial charge in [-0.05, 0) is 18.8 Å². The van der Waals surface area contributed by atoms with E-state index in [1.807, 2.05) is 0 Å². The SMILES string of the molecule is CC1CC2(C1)C(N)=NC(=O)N2C. The van der Waals surface area contributed by atoms with Crippen molar-refractivity contribution in [1.29, 1.82) is 0 Å². The lowest BCUT2D eigenvalue weighted by Crippen LogP contribution is -2.60. The maximum atomic E-state index is 11.2. The molecular formula is C8H13N3O. The van der Waals surface area contributed by atoms with E-state index in [4.69, 9.17) is 5.73 Å². The van der Waals surface area contributed by atoms with Crippen molar-refractivity contribution in [1.82, 2.24) is 4.90 Å². The van der Waals surface area contributed by atoms with Crippen molar-refractivity contribution in [2.24, 2.45) is 16.6 Å². The molecule has 1 aliphatic heterocycles. The van der Waals surface area contributed by atoms with E-state index in [9.17, 15) is 4.79 Å². The van der Waals surface area contributed by atoms with E-state index in [1.54, 1.807) is 11.9 Å². The molecule has 12 heavy (non-hydrogen) atoms. The summed E-state index contributed by atoms with van der Waals surface area (Å²) in [6, 6.07) is -0.195. The smallest absolute Gasteiger partial charge is 0.345 e. The summed E-state index contributed by atoms with van der Waals surface area (Å²) in [4.78, 5) is 16.6. The molecule has 2 rings (SSSR count). The lowest BCUT2D eigenvalue weighted by atomic mass is 9.68. The first-order valence-electron chi connectivity index (χ1n) is 4.19. The number of hydrogen-bond donors (Lipinski definition) is 1. The Morgan fingerprint density at radius 1 is 1.67 bits per heavy atom. The van der Waals surface area contributed by atoms with Gasteiger partial charge in [0.25, 0.3) is 0 Å². The highest BCUT2D eigenvalue weighted by Gasteiger charge is 2.53. The van der Waals surface area contributed by atoms with Gasteiger partial charge in [-0.3, -0.25) is 0 Å². The van der Waals surface area contributed by atoms with Crippen LogP contribution in [0.3, 0.4) is 0 Å². The zero-order valence-corrected chi connectivity index (χ0v) is 7.37. The predicted octanol–water partition coefficient (Wildman–Crippen LogP) is 0.578. The van der Waals surface area contributed by atoms with Crippen LogP contribution in [0, 0.1) is 5.92 Å². The van der Waals surface area contributed by atoms with Gasteiger partial charge in [0.1, 0.15) is 11.4 Å². The molecule has 2 amide bonds. The van der Waals surface area contributed by atoms with Gasteiger partial charge in [0.05, 0.1) is 0 Å². The average Bonchev–Trinajstić information content (AvgIpc) is 2.13. The lowest BCUT2D eigenvalue weighted by Gasteiger charge is -2.47. The van der Waals surface area contributed by atoms with Crippen molar-refractivity contribution in [2.45, 2.75) is 25.3 Å². The molecule has 1 saturated carbocycles. The van der Waals surface area contributed by atoms with Crippen molar-refractivity contribution < 1.29 is 4.79 Å². The first-order chi connectivity index (χ1) is 5.56. The van der Waals surface area contributed by atoms with Gasteiger partial charge in [0.15, 0.2) is 0 Å². The van der Waals surface area contributed by atoms with Crippen LogP contribution in [0.1, 0.15) is 19.8 Å². The third-order valence-electron chi connectivity index (χ3n) is 2.99. The van der Waals surface area contributed by atoms with Crippen molar-refractivity contribution in [3.05, 3.63) is 0 Å². The second kappa shape index (κ2) is 2.00. The molecule has 0 atom stereocenters. The minimum atomic E-state index is -0.212. The Morgan fingerprint density at radius 2 is 2.25 bits per heavy atom. The third-order valence-corrected chi connectivity index (χ3v) is 2.99. The van der Waals surface area contributed by atoms with Crippen molar-refractivity contribution in [3.8, 4) is 0 Å². The molecule has 2 aliphatic rings. The largest absolute Gasteiger partial charge is 0.385 e. The molecule has 66 valence electrons. The fourth-order valence-corrected chi connectivity index (χ4v) is 2.21. The molecule has 0 aromatic heterocycles. The minimum Gasteiger partial charge on any atom is -0.385 e. The van der Waals surface area contributed by atoms with Gasteiger partial charge in [0.2, 0.25) is 0 Å². The summed E-state index contributed by atoms with van der Waals surface area (Å²) >= 11 is 0. The molecule has 0 radical (unpaired) electrons. The third kappa shape index (κ3) is 0.673. The number of rotatable bonds is 0. The monoisotopic (exact) mass is 167 g/mol. The van der Waals surface area contributed by atoms with Crippen LogP contribution in [0.5, 0.6) is 0 Å². The van der Waals surface area contributed by atoms with Crippen LogP contribution < -0.4 is 5.73 Å². The van der Waals surface area contributed by atoms with Gasteiger partial charge in [-0.15, -0.1) is 0 Å². The van der Waals surface area contributed by atoms with Crippen LogP contribution in [-0.4, -0.2) is 29.4 Å². The minimum absolute atomic E-state index is 0.195. The second-order valence-electron chi connectivity index (χ2n) is 3.88. The van der Waals surface area contributed by atoms with Gasteiger partial charge in [0, 0.05) is 7.05 Å². The second-order valence-corrected chi connectivity index (χ2v) is 3.88. The number of nitrogens with zero attached hydrogens (tertiary/aromatic N) is 2. The standard InChI is InChI=1S/C8H13N3O/c1-5-3-8(4-5)6(9)10-7(12)11(8)2/h5H,3-4H2,1-2H3,(H2,9,10,12). The van der Waals surface area contributed by atoms with Crippen LogP contribution >= 0.6 is 0 Å². The van der Waals surface area contributed by atoms with Crippen LogP contribution in [0.15, 0.2) is 4.99 Å². The number of likely N-dealkylation sites (N-methyl/N-ethyl adjacent to an activating group) is 1. The highest BCUT2D eigenvalue weighted by atomic mass is 16.2. The first kappa shape index (κ1) is 7.58. The number of amides is 2. The van der Waals surface area contributed by atoms with E-state index in [2.05, 4.69) is 11.9 Å². The normalized spacial score (nSPS) is 40.2.